The maximum absolute atomic E-state index is 11.9. The maximum atomic E-state index is 11.9. The predicted molar refractivity (Wildman–Crippen MR) is 66.2 cm³/mol. The molecule has 0 radical (unpaired) electrons. The third-order valence-electron chi connectivity index (χ3n) is 2.21. The van der Waals surface area contributed by atoms with Crippen molar-refractivity contribution in [1.29, 1.82) is 0 Å². The molecule has 0 bridgehead atoms. The van der Waals surface area contributed by atoms with Crippen molar-refractivity contribution in [2.24, 2.45) is 5.73 Å². The van der Waals surface area contributed by atoms with Gasteiger partial charge in [0.15, 0.2) is 0 Å². The van der Waals surface area contributed by atoms with Gasteiger partial charge in [-0.25, -0.2) is 13.1 Å². The number of aliphatic hydroxyl groups is 1. The van der Waals surface area contributed by atoms with Crippen LogP contribution in [-0.2, 0) is 10.0 Å². The molecule has 0 aliphatic rings. The third kappa shape index (κ3) is 3.19. The van der Waals surface area contributed by atoms with E-state index in [-0.39, 0.29) is 22.8 Å². The van der Waals surface area contributed by atoms with Gasteiger partial charge >= 0.3 is 0 Å². The zero-order chi connectivity index (χ0) is 13.9. The smallest absolute Gasteiger partial charge is 0.248 e. The van der Waals surface area contributed by atoms with Crippen molar-refractivity contribution in [2.45, 2.75) is 17.9 Å². The van der Waals surface area contributed by atoms with E-state index in [4.69, 9.17) is 16.6 Å². The number of primary amides is 1. The highest BCUT2D eigenvalue weighted by molar-refractivity contribution is 7.89. The van der Waals surface area contributed by atoms with Crippen LogP contribution >= 0.6 is 0 Å². The number of nitrogens with two attached hydrogens (primary N) is 2. The number of benzene rings is 1. The Labute approximate surface area is 105 Å². The lowest BCUT2D eigenvalue weighted by atomic mass is 10.2. The Bertz CT molecular complexity index is 556. The summed E-state index contributed by atoms with van der Waals surface area (Å²) in [6.07, 6.45) is 0. The van der Waals surface area contributed by atoms with Crippen molar-refractivity contribution in [3.05, 3.63) is 23.8 Å². The molecule has 100 valence electrons. The molecule has 7 nitrogen and oxygen atoms in total. The quantitative estimate of drug-likeness (QED) is 0.512. The molecule has 0 aliphatic carbocycles. The number of nitrogen functional groups attached to an aromatic ring is 1. The van der Waals surface area contributed by atoms with E-state index in [1.807, 2.05) is 0 Å². The standard InChI is InChI=1S/C10H15N3O4S/c1-6(5-14)13-18(16,17)9-3-2-7(10(12)15)4-8(9)11/h2-4,6,13-14H,5,11H2,1H3,(H2,12,15)/t6-/m0/s1. The van der Waals surface area contributed by atoms with Crippen molar-refractivity contribution in [3.63, 3.8) is 0 Å². The monoisotopic (exact) mass is 273 g/mol. The van der Waals surface area contributed by atoms with Crippen LogP contribution in [0.5, 0.6) is 0 Å². The van der Waals surface area contributed by atoms with Crippen LogP contribution in [-0.4, -0.2) is 32.1 Å². The number of nitrogens with one attached hydrogen (secondary N) is 1. The zero-order valence-electron chi connectivity index (χ0n) is 9.75. The van der Waals surface area contributed by atoms with Gasteiger partial charge < -0.3 is 16.6 Å². The first-order valence-electron chi connectivity index (χ1n) is 5.10. The second-order valence-corrected chi connectivity index (χ2v) is 5.50. The van der Waals surface area contributed by atoms with E-state index in [1.165, 1.54) is 25.1 Å². The van der Waals surface area contributed by atoms with E-state index in [0.29, 0.717) is 0 Å². The lowest BCUT2D eigenvalue weighted by Crippen LogP contribution is -2.35. The molecule has 1 aromatic rings. The van der Waals surface area contributed by atoms with Gasteiger partial charge in [0.25, 0.3) is 0 Å². The van der Waals surface area contributed by atoms with Gasteiger partial charge in [-0.15, -0.1) is 0 Å². The highest BCUT2D eigenvalue weighted by Crippen LogP contribution is 2.19. The van der Waals surface area contributed by atoms with Crippen molar-refractivity contribution < 1.29 is 18.3 Å². The van der Waals surface area contributed by atoms with Crippen molar-refractivity contribution >= 4 is 21.6 Å². The molecule has 1 rings (SSSR count). The number of rotatable bonds is 5. The van der Waals surface area contributed by atoms with Gasteiger partial charge in [0.05, 0.1) is 12.3 Å². The van der Waals surface area contributed by atoms with Crippen LogP contribution in [0.1, 0.15) is 17.3 Å². The molecule has 1 aromatic carbocycles. The Morgan fingerprint density at radius 2 is 2.11 bits per heavy atom. The molecule has 6 N–H and O–H groups in total. The van der Waals surface area contributed by atoms with Gasteiger partial charge in [0, 0.05) is 11.6 Å². The van der Waals surface area contributed by atoms with Crippen LogP contribution < -0.4 is 16.2 Å². The van der Waals surface area contributed by atoms with E-state index in [2.05, 4.69) is 4.72 Å². The molecule has 0 unspecified atom stereocenters. The normalized spacial score (nSPS) is 13.2. The molecule has 1 atom stereocenters. The fraction of sp³-hybridized carbons (Fsp3) is 0.300. The highest BCUT2D eigenvalue weighted by Gasteiger charge is 2.20. The number of aliphatic hydroxyl groups excluding tert-OH is 1. The summed E-state index contributed by atoms with van der Waals surface area (Å²) in [5, 5.41) is 8.81. The number of hydrogen-bond donors (Lipinski definition) is 4. The molecule has 0 spiro atoms. The van der Waals surface area contributed by atoms with Gasteiger partial charge in [0.1, 0.15) is 4.90 Å². The number of carbonyl (C=O) groups excluding carboxylic acids is 1. The minimum Gasteiger partial charge on any atom is -0.398 e. The highest BCUT2D eigenvalue weighted by atomic mass is 32.2. The van der Waals surface area contributed by atoms with E-state index >= 15 is 0 Å². The average molecular weight is 273 g/mol. The summed E-state index contributed by atoms with van der Waals surface area (Å²) in [4.78, 5) is 10.7. The minimum atomic E-state index is -3.83. The summed E-state index contributed by atoms with van der Waals surface area (Å²) in [7, 11) is -3.83. The first kappa shape index (κ1) is 14.4. The zero-order valence-corrected chi connectivity index (χ0v) is 10.6. The summed E-state index contributed by atoms with van der Waals surface area (Å²) < 4.78 is 26.0. The summed E-state index contributed by atoms with van der Waals surface area (Å²) in [6, 6.07) is 3.03. The number of carbonyl (C=O) groups is 1. The Morgan fingerprint density at radius 1 is 1.50 bits per heavy atom. The summed E-state index contributed by atoms with van der Waals surface area (Å²) >= 11 is 0. The predicted octanol–water partition coefficient (Wildman–Crippen LogP) is -0.973. The summed E-state index contributed by atoms with van der Waals surface area (Å²) in [6.45, 7) is 1.17. The molecule has 18 heavy (non-hydrogen) atoms. The molecule has 1 amide bonds. The molecular formula is C10H15N3O4S. The lowest BCUT2D eigenvalue weighted by molar-refractivity contribution is 0.1000. The Balaban J connectivity index is 3.14. The first-order valence-corrected chi connectivity index (χ1v) is 6.58. The van der Waals surface area contributed by atoms with Gasteiger partial charge in [-0.3, -0.25) is 4.79 Å². The Morgan fingerprint density at radius 3 is 2.56 bits per heavy atom. The average Bonchev–Trinajstić information content (AvgIpc) is 2.27. The van der Waals surface area contributed by atoms with Crippen LogP contribution in [0, 0.1) is 0 Å². The second kappa shape index (κ2) is 5.34. The topological polar surface area (TPSA) is 136 Å². The molecule has 0 aromatic heterocycles. The van der Waals surface area contributed by atoms with Crippen molar-refractivity contribution in [2.75, 3.05) is 12.3 Å². The molecule has 8 heteroatoms. The number of sulfonamides is 1. The lowest BCUT2D eigenvalue weighted by Gasteiger charge is -2.13. The molecule has 0 fully saturated rings. The van der Waals surface area contributed by atoms with E-state index < -0.39 is 22.0 Å². The van der Waals surface area contributed by atoms with Gasteiger partial charge in [-0.1, -0.05) is 0 Å². The summed E-state index contributed by atoms with van der Waals surface area (Å²) in [5.41, 5.74) is 10.7. The largest absolute Gasteiger partial charge is 0.398 e. The molecule has 0 saturated carbocycles. The van der Waals surface area contributed by atoms with Gasteiger partial charge in [-0.2, -0.15) is 0 Å². The SMILES string of the molecule is C[C@@H](CO)NS(=O)(=O)c1ccc(C(N)=O)cc1N. The molecule has 0 heterocycles. The fourth-order valence-corrected chi connectivity index (χ4v) is 2.66. The van der Waals surface area contributed by atoms with Gasteiger partial charge in [-0.05, 0) is 25.1 Å². The van der Waals surface area contributed by atoms with Crippen LogP contribution in [0.4, 0.5) is 5.69 Å². The fourth-order valence-electron chi connectivity index (χ4n) is 1.31. The van der Waals surface area contributed by atoms with Crippen LogP contribution in [0.3, 0.4) is 0 Å². The van der Waals surface area contributed by atoms with E-state index in [1.54, 1.807) is 0 Å². The molecular weight excluding hydrogens is 258 g/mol. The number of amides is 1. The van der Waals surface area contributed by atoms with Gasteiger partial charge in [0.2, 0.25) is 15.9 Å². The molecule has 0 aliphatic heterocycles. The van der Waals surface area contributed by atoms with E-state index in [9.17, 15) is 13.2 Å². The Hall–Kier alpha value is -1.64. The van der Waals surface area contributed by atoms with Crippen LogP contribution in [0.25, 0.3) is 0 Å². The number of anilines is 1. The minimum absolute atomic E-state index is 0.0797. The third-order valence-corrected chi connectivity index (χ3v) is 3.88. The van der Waals surface area contributed by atoms with Crippen LogP contribution in [0.15, 0.2) is 23.1 Å². The molecule has 0 saturated heterocycles. The van der Waals surface area contributed by atoms with Crippen LogP contribution in [0.2, 0.25) is 0 Å². The Kier molecular flexibility index (Phi) is 4.28. The number of hydrogen-bond acceptors (Lipinski definition) is 5. The maximum Gasteiger partial charge on any atom is 0.248 e. The summed E-state index contributed by atoms with van der Waals surface area (Å²) in [5.74, 6) is -0.692. The van der Waals surface area contributed by atoms with Crippen molar-refractivity contribution in [1.82, 2.24) is 4.72 Å². The first-order chi connectivity index (χ1) is 8.27. The van der Waals surface area contributed by atoms with Crippen molar-refractivity contribution in [3.8, 4) is 0 Å². The van der Waals surface area contributed by atoms with E-state index in [0.717, 1.165) is 0 Å². The second-order valence-electron chi connectivity index (χ2n) is 3.82.